The van der Waals surface area contributed by atoms with Crippen LogP contribution in [0.4, 0.5) is 0 Å². The lowest BCUT2D eigenvalue weighted by molar-refractivity contribution is -0.137. The van der Waals surface area contributed by atoms with Crippen LogP contribution in [0.15, 0.2) is 54.1 Å². The summed E-state index contributed by atoms with van der Waals surface area (Å²) in [6, 6.07) is 10.4. The molecule has 1 aliphatic carbocycles. The zero-order chi connectivity index (χ0) is 14.9. The smallest absolute Gasteiger partial charge is 0.330 e. The molecule has 0 radical (unpaired) electrons. The Morgan fingerprint density at radius 2 is 2.00 bits per heavy atom. The van der Waals surface area contributed by atoms with Crippen LogP contribution in [-0.2, 0) is 16.1 Å². The van der Waals surface area contributed by atoms with Gasteiger partial charge in [-0.25, -0.2) is 4.79 Å². The molecule has 3 nitrogen and oxygen atoms in total. The third kappa shape index (κ3) is 6.41. The summed E-state index contributed by atoms with van der Waals surface area (Å²) in [6.45, 7) is 4.80. The minimum absolute atomic E-state index is 0.266. The number of allylic oxidation sites excluding steroid dienone is 1. The summed E-state index contributed by atoms with van der Waals surface area (Å²) in [4.78, 5) is 13.6. The molecular weight excluding hydrogens is 262 g/mol. The third-order valence-electron chi connectivity index (χ3n) is 3.33. The number of hydrogen-bond donors (Lipinski definition) is 0. The van der Waals surface area contributed by atoms with Gasteiger partial charge in [-0.05, 0) is 25.3 Å². The van der Waals surface area contributed by atoms with Crippen LogP contribution >= 0.6 is 0 Å². The van der Waals surface area contributed by atoms with Crippen LogP contribution in [0.2, 0.25) is 0 Å². The molecule has 2 rings (SSSR count). The molecule has 1 fully saturated rings. The number of benzene rings is 1. The van der Waals surface area contributed by atoms with Crippen molar-refractivity contribution >= 4 is 5.97 Å². The van der Waals surface area contributed by atoms with E-state index in [0.717, 1.165) is 19.6 Å². The first-order valence-corrected chi connectivity index (χ1v) is 7.55. The Hall–Kier alpha value is -1.87. The fourth-order valence-corrected chi connectivity index (χ4v) is 2.07. The van der Waals surface area contributed by atoms with Gasteiger partial charge in [0.2, 0.25) is 0 Å². The fourth-order valence-electron chi connectivity index (χ4n) is 2.07. The summed E-state index contributed by atoms with van der Waals surface area (Å²) in [5.74, 6) is -0.266. The van der Waals surface area contributed by atoms with Gasteiger partial charge in [0.1, 0.15) is 0 Å². The Morgan fingerprint density at radius 3 is 2.67 bits per heavy atom. The summed E-state index contributed by atoms with van der Waals surface area (Å²) in [6.07, 6.45) is 8.20. The molecule has 0 saturated heterocycles. The Labute approximate surface area is 126 Å². The predicted octanol–water partition coefficient (Wildman–Crippen LogP) is 3.33. The first-order valence-electron chi connectivity index (χ1n) is 7.55. The maximum atomic E-state index is 11.3. The number of nitrogens with zero attached hydrogens (tertiary/aromatic N) is 1. The van der Waals surface area contributed by atoms with Gasteiger partial charge in [0, 0.05) is 25.7 Å². The summed E-state index contributed by atoms with van der Waals surface area (Å²) < 4.78 is 4.89. The standard InChI is InChI=1S/C18H23NO2/c1-2-21-18(20)9-6-13-19(14-12-16-10-11-16)15-17-7-4-3-5-8-17/h3-9,12H,2,10-11,13-15H2,1H3/b9-6+. The zero-order valence-electron chi connectivity index (χ0n) is 12.6. The highest BCUT2D eigenvalue weighted by Crippen LogP contribution is 2.27. The summed E-state index contributed by atoms with van der Waals surface area (Å²) in [5.41, 5.74) is 2.83. The van der Waals surface area contributed by atoms with E-state index in [2.05, 4.69) is 35.2 Å². The van der Waals surface area contributed by atoms with Gasteiger partial charge in [0.15, 0.2) is 0 Å². The summed E-state index contributed by atoms with van der Waals surface area (Å²) >= 11 is 0. The molecule has 0 spiro atoms. The van der Waals surface area contributed by atoms with Crippen molar-refractivity contribution in [3.8, 4) is 0 Å². The van der Waals surface area contributed by atoms with Crippen molar-refractivity contribution in [1.29, 1.82) is 0 Å². The quantitative estimate of drug-likeness (QED) is 0.417. The van der Waals surface area contributed by atoms with Crippen molar-refractivity contribution in [2.75, 3.05) is 19.7 Å². The van der Waals surface area contributed by atoms with Gasteiger partial charge >= 0.3 is 5.97 Å². The lowest BCUT2D eigenvalue weighted by Gasteiger charge is -2.19. The van der Waals surface area contributed by atoms with Crippen LogP contribution in [0.3, 0.4) is 0 Å². The number of esters is 1. The normalized spacial score (nSPS) is 13.7. The molecule has 0 bridgehead atoms. The second-order valence-corrected chi connectivity index (χ2v) is 5.20. The molecule has 0 aliphatic heterocycles. The first-order chi connectivity index (χ1) is 10.3. The number of hydrogen-bond acceptors (Lipinski definition) is 3. The minimum atomic E-state index is -0.266. The lowest BCUT2D eigenvalue weighted by atomic mass is 10.2. The average molecular weight is 285 g/mol. The molecule has 1 aliphatic rings. The van der Waals surface area contributed by atoms with Gasteiger partial charge in [-0.1, -0.05) is 48.1 Å². The molecule has 0 atom stereocenters. The lowest BCUT2D eigenvalue weighted by Crippen LogP contribution is -2.23. The SMILES string of the molecule is CCOC(=O)/C=C/CN(CC=C1CC1)Cc1ccccc1. The Bertz CT molecular complexity index is 499. The maximum absolute atomic E-state index is 11.3. The van der Waals surface area contributed by atoms with Crippen LogP contribution in [0.25, 0.3) is 0 Å². The second kappa shape index (κ2) is 8.42. The van der Waals surface area contributed by atoms with E-state index in [-0.39, 0.29) is 5.97 Å². The monoisotopic (exact) mass is 285 g/mol. The van der Waals surface area contributed by atoms with E-state index in [1.165, 1.54) is 24.5 Å². The second-order valence-electron chi connectivity index (χ2n) is 5.20. The van der Waals surface area contributed by atoms with Gasteiger partial charge < -0.3 is 4.74 Å². The molecule has 1 aromatic carbocycles. The third-order valence-corrected chi connectivity index (χ3v) is 3.33. The number of carbonyl (C=O) groups excluding carboxylic acids is 1. The number of rotatable bonds is 8. The van der Waals surface area contributed by atoms with Crippen LogP contribution in [0.5, 0.6) is 0 Å². The van der Waals surface area contributed by atoms with E-state index in [4.69, 9.17) is 4.74 Å². The molecule has 0 aromatic heterocycles. The zero-order valence-corrected chi connectivity index (χ0v) is 12.6. The first kappa shape index (κ1) is 15.5. The fraction of sp³-hybridized carbons (Fsp3) is 0.389. The molecule has 3 heteroatoms. The highest BCUT2D eigenvalue weighted by molar-refractivity contribution is 5.81. The number of carbonyl (C=O) groups is 1. The van der Waals surface area contributed by atoms with E-state index in [9.17, 15) is 4.79 Å². The molecule has 0 unspecified atom stereocenters. The van der Waals surface area contributed by atoms with Crippen molar-refractivity contribution in [2.24, 2.45) is 0 Å². The van der Waals surface area contributed by atoms with Gasteiger partial charge in [0.25, 0.3) is 0 Å². The van der Waals surface area contributed by atoms with E-state index in [0.29, 0.717) is 6.61 Å². The van der Waals surface area contributed by atoms with Crippen LogP contribution < -0.4 is 0 Å². The average Bonchev–Trinajstić information content (AvgIpc) is 3.30. The van der Waals surface area contributed by atoms with E-state index in [1.54, 1.807) is 5.57 Å². The molecular formula is C18H23NO2. The summed E-state index contributed by atoms with van der Waals surface area (Å²) in [7, 11) is 0. The van der Waals surface area contributed by atoms with E-state index >= 15 is 0 Å². The molecule has 112 valence electrons. The number of ether oxygens (including phenoxy) is 1. The highest BCUT2D eigenvalue weighted by atomic mass is 16.5. The molecule has 1 aromatic rings. The van der Waals surface area contributed by atoms with Crippen LogP contribution in [0.1, 0.15) is 25.3 Å². The topological polar surface area (TPSA) is 29.5 Å². The van der Waals surface area contributed by atoms with Crippen LogP contribution in [-0.4, -0.2) is 30.6 Å². The van der Waals surface area contributed by atoms with E-state index < -0.39 is 0 Å². The van der Waals surface area contributed by atoms with Crippen molar-refractivity contribution in [2.45, 2.75) is 26.3 Å². The molecule has 1 saturated carbocycles. The predicted molar refractivity (Wildman–Crippen MR) is 84.8 cm³/mol. The molecule has 21 heavy (non-hydrogen) atoms. The molecule has 0 amide bonds. The van der Waals surface area contributed by atoms with E-state index in [1.807, 2.05) is 19.1 Å². The highest BCUT2D eigenvalue weighted by Gasteiger charge is 2.11. The molecule has 0 N–H and O–H groups in total. The Morgan fingerprint density at radius 1 is 1.24 bits per heavy atom. The van der Waals surface area contributed by atoms with Gasteiger partial charge in [-0.2, -0.15) is 0 Å². The Balaban J connectivity index is 1.88. The largest absolute Gasteiger partial charge is 0.463 e. The molecule has 0 heterocycles. The van der Waals surface area contributed by atoms with Crippen LogP contribution in [0, 0.1) is 0 Å². The van der Waals surface area contributed by atoms with Gasteiger partial charge in [-0.3, -0.25) is 4.90 Å². The van der Waals surface area contributed by atoms with Crippen molar-refractivity contribution in [1.82, 2.24) is 4.90 Å². The van der Waals surface area contributed by atoms with Crippen molar-refractivity contribution in [3.63, 3.8) is 0 Å². The summed E-state index contributed by atoms with van der Waals surface area (Å²) in [5, 5.41) is 0. The Kier molecular flexibility index (Phi) is 6.22. The van der Waals surface area contributed by atoms with Gasteiger partial charge in [-0.15, -0.1) is 0 Å². The maximum Gasteiger partial charge on any atom is 0.330 e. The van der Waals surface area contributed by atoms with Gasteiger partial charge in [0.05, 0.1) is 6.61 Å². The minimum Gasteiger partial charge on any atom is -0.463 e. The van der Waals surface area contributed by atoms with Crippen molar-refractivity contribution < 1.29 is 9.53 Å². The van der Waals surface area contributed by atoms with Crippen molar-refractivity contribution in [3.05, 3.63) is 59.7 Å².